The number of aromatic nitrogens is 1. The maximum Gasteiger partial charge on any atom is 0.319 e. The summed E-state index contributed by atoms with van der Waals surface area (Å²) in [6.07, 6.45) is -0.0533. The Morgan fingerprint density at radius 1 is 0.944 bits per heavy atom. The molecule has 0 saturated heterocycles. The zero-order chi connectivity index (χ0) is 25.5. The molecule has 4 aromatic rings. The van der Waals surface area contributed by atoms with Crippen molar-refractivity contribution in [3.8, 4) is 11.3 Å². The lowest BCUT2D eigenvalue weighted by molar-refractivity contribution is 0.0952. The Kier molecular flexibility index (Phi) is 7.92. The molecule has 0 bridgehead atoms. The monoisotopic (exact) mass is 482 g/mol. The molecule has 7 nitrogen and oxygen atoms in total. The fraction of sp³-hybridized carbons (Fsp3) is 0.207. The van der Waals surface area contributed by atoms with Crippen molar-refractivity contribution in [1.82, 2.24) is 15.6 Å². The van der Waals surface area contributed by atoms with Gasteiger partial charge in [-0.1, -0.05) is 67.6 Å². The molecule has 0 saturated carbocycles. The van der Waals surface area contributed by atoms with E-state index in [2.05, 4.69) is 16.0 Å². The number of hydrogen-bond donors (Lipinski definition) is 4. The Hall–Kier alpha value is -4.23. The lowest BCUT2D eigenvalue weighted by Gasteiger charge is -2.16. The quantitative estimate of drug-likeness (QED) is 0.283. The first-order chi connectivity index (χ1) is 17.5. The molecule has 36 heavy (non-hydrogen) atoms. The van der Waals surface area contributed by atoms with E-state index in [4.69, 9.17) is 4.98 Å². The van der Waals surface area contributed by atoms with Gasteiger partial charge in [-0.3, -0.25) is 4.79 Å². The van der Waals surface area contributed by atoms with E-state index in [0.29, 0.717) is 35.1 Å². The van der Waals surface area contributed by atoms with Gasteiger partial charge in [-0.25, -0.2) is 9.78 Å². The molecule has 184 valence electrons. The van der Waals surface area contributed by atoms with Gasteiger partial charge in [0.1, 0.15) is 0 Å². The second kappa shape index (κ2) is 11.5. The predicted octanol–water partition coefficient (Wildman–Crippen LogP) is 5.03. The molecule has 3 amide bonds. The van der Waals surface area contributed by atoms with E-state index >= 15 is 0 Å². The average Bonchev–Trinajstić information content (AvgIpc) is 2.91. The third kappa shape index (κ3) is 5.87. The number of carbonyl (C=O) groups excluding carboxylic acids is 2. The number of amides is 3. The van der Waals surface area contributed by atoms with E-state index in [0.717, 1.165) is 22.4 Å². The first kappa shape index (κ1) is 24.9. The second-order valence-corrected chi connectivity index (χ2v) is 8.62. The fourth-order valence-electron chi connectivity index (χ4n) is 4.00. The molecule has 7 heteroatoms. The van der Waals surface area contributed by atoms with Gasteiger partial charge < -0.3 is 21.1 Å². The molecule has 0 aliphatic heterocycles. The lowest BCUT2D eigenvalue weighted by atomic mass is 9.96. The zero-order valence-electron chi connectivity index (χ0n) is 20.4. The number of carbonyl (C=O) groups is 2. The number of rotatable bonds is 8. The predicted molar refractivity (Wildman–Crippen MR) is 143 cm³/mol. The summed E-state index contributed by atoms with van der Waals surface area (Å²) >= 11 is 0. The number of fused-ring (bicyclic) bond motifs is 1. The minimum atomic E-state index is -0.601. The van der Waals surface area contributed by atoms with Crippen LogP contribution in [0.3, 0.4) is 0 Å². The van der Waals surface area contributed by atoms with Crippen LogP contribution in [-0.4, -0.2) is 34.7 Å². The van der Waals surface area contributed by atoms with Crippen molar-refractivity contribution in [3.05, 3.63) is 95.6 Å². The van der Waals surface area contributed by atoms with Crippen LogP contribution in [-0.2, 0) is 6.54 Å². The summed E-state index contributed by atoms with van der Waals surface area (Å²) in [6, 6.07) is 24.4. The van der Waals surface area contributed by atoms with E-state index < -0.39 is 12.1 Å². The van der Waals surface area contributed by atoms with Crippen molar-refractivity contribution in [3.63, 3.8) is 0 Å². The molecular weight excluding hydrogens is 452 g/mol. The molecular formula is C29H30N4O3. The Balaban J connectivity index is 1.71. The van der Waals surface area contributed by atoms with Crippen molar-refractivity contribution in [1.29, 1.82) is 0 Å². The highest BCUT2D eigenvalue weighted by Gasteiger charge is 2.20. The van der Waals surface area contributed by atoms with Gasteiger partial charge in [-0.15, -0.1) is 0 Å². The largest absolute Gasteiger partial charge is 0.391 e. The molecule has 4 rings (SSSR count). The summed E-state index contributed by atoms with van der Waals surface area (Å²) in [4.78, 5) is 30.7. The standard InChI is InChI=1S/C29H30N4O3/c1-3-23(34)18-31-29(36)32-22-14-15-25-24(16-22)26(28(35)30-17-20-10-6-4-7-11-20)19(2)27(33-25)21-12-8-5-9-13-21/h4-16,23,34H,3,17-18H2,1-2H3,(H,30,35)(H2,31,32,36)/t23-/m1/s1. The van der Waals surface area contributed by atoms with Gasteiger partial charge in [0.25, 0.3) is 5.91 Å². The number of nitrogens with one attached hydrogen (secondary N) is 3. The summed E-state index contributed by atoms with van der Waals surface area (Å²) in [5, 5.41) is 18.8. The molecule has 0 aliphatic carbocycles. The molecule has 0 fully saturated rings. The average molecular weight is 483 g/mol. The molecule has 0 aliphatic rings. The first-order valence-electron chi connectivity index (χ1n) is 12.0. The number of benzene rings is 3. The molecule has 0 radical (unpaired) electrons. The van der Waals surface area contributed by atoms with Gasteiger partial charge in [0, 0.05) is 29.7 Å². The summed E-state index contributed by atoms with van der Waals surface area (Å²) in [5.74, 6) is -0.214. The van der Waals surface area contributed by atoms with E-state index in [-0.39, 0.29) is 12.5 Å². The molecule has 3 aromatic carbocycles. The maximum absolute atomic E-state index is 13.5. The first-order valence-corrected chi connectivity index (χ1v) is 12.0. The Bertz CT molecular complexity index is 1360. The highest BCUT2D eigenvalue weighted by molar-refractivity contribution is 6.10. The van der Waals surface area contributed by atoms with Crippen molar-refractivity contribution < 1.29 is 14.7 Å². The molecule has 1 aromatic heterocycles. The third-order valence-electron chi connectivity index (χ3n) is 6.03. The maximum atomic E-state index is 13.5. The van der Waals surface area contributed by atoms with Gasteiger partial charge >= 0.3 is 6.03 Å². The highest BCUT2D eigenvalue weighted by Crippen LogP contribution is 2.31. The van der Waals surface area contributed by atoms with Crippen molar-refractivity contribution in [2.75, 3.05) is 11.9 Å². The van der Waals surface area contributed by atoms with Gasteiger partial charge in [0.05, 0.1) is 22.9 Å². The molecule has 0 spiro atoms. The molecule has 0 unspecified atom stereocenters. The van der Waals surface area contributed by atoms with Gasteiger partial charge in [-0.2, -0.15) is 0 Å². The van der Waals surface area contributed by atoms with Gasteiger partial charge in [-0.05, 0) is 42.7 Å². The van der Waals surface area contributed by atoms with Crippen LogP contribution < -0.4 is 16.0 Å². The van der Waals surface area contributed by atoms with Crippen LogP contribution in [0.4, 0.5) is 10.5 Å². The smallest absolute Gasteiger partial charge is 0.319 e. The Morgan fingerprint density at radius 3 is 2.33 bits per heavy atom. The van der Waals surface area contributed by atoms with Crippen molar-refractivity contribution in [2.45, 2.75) is 32.9 Å². The van der Waals surface area contributed by atoms with Crippen LogP contribution in [0.25, 0.3) is 22.2 Å². The lowest BCUT2D eigenvalue weighted by Crippen LogP contribution is -2.35. The van der Waals surface area contributed by atoms with Crippen LogP contribution >= 0.6 is 0 Å². The van der Waals surface area contributed by atoms with E-state index in [1.807, 2.05) is 74.5 Å². The summed E-state index contributed by atoms with van der Waals surface area (Å²) in [6.45, 7) is 4.29. The van der Waals surface area contributed by atoms with Crippen LogP contribution in [0.5, 0.6) is 0 Å². The fourth-order valence-corrected chi connectivity index (χ4v) is 4.00. The molecule has 1 atom stereocenters. The van der Waals surface area contributed by atoms with Crippen molar-refractivity contribution >= 4 is 28.5 Å². The number of nitrogens with zero attached hydrogens (tertiary/aromatic N) is 1. The van der Waals surface area contributed by atoms with Crippen LogP contribution in [0.1, 0.15) is 34.8 Å². The van der Waals surface area contributed by atoms with Crippen LogP contribution in [0, 0.1) is 6.92 Å². The number of hydrogen-bond acceptors (Lipinski definition) is 4. The SMILES string of the molecule is CC[C@@H](O)CNC(=O)Nc1ccc2nc(-c3ccccc3)c(C)c(C(=O)NCc3ccccc3)c2c1. The normalized spacial score (nSPS) is 11.6. The van der Waals surface area contributed by atoms with E-state index in [1.54, 1.807) is 18.2 Å². The van der Waals surface area contributed by atoms with Crippen LogP contribution in [0.2, 0.25) is 0 Å². The number of anilines is 1. The van der Waals surface area contributed by atoms with Crippen molar-refractivity contribution in [2.24, 2.45) is 0 Å². The molecule has 4 N–H and O–H groups in total. The highest BCUT2D eigenvalue weighted by atomic mass is 16.3. The number of aliphatic hydroxyl groups is 1. The Labute approximate surface area is 210 Å². The minimum Gasteiger partial charge on any atom is -0.391 e. The number of urea groups is 1. The summed E-state index contributed by atoms with van der Waals surface area (Å²) in [7, 11) is 0. The number of pyridine rings is 1. The second-order valence-electron chi connectivity index (χ2n) is 8.62. The van der Waals surface area contributed by atoms with Gasteiger partial charge in [0.2, 0.25) is 0 Å². The third-order valence-corrected chi connectivity index (χ3v) is 6.03. The topological polar surface area (TPSA) is 103 Å². The van der Waals surface area contributed by atoms with Crippen LogP contribution in [0.15, 0.2) is 78.9 Å². The summed E-state index contributed by atoms with van der Waals surface area (Å²) < 4.78 is 0. The summed E-state index contributed by atoms with van der Waals surface area (Å²) in [5.41, 5.74) is 5.10. The van der Waals surface area contributed by atoms with E-state index in [1.165, 1.54) is 0 Å². The Morgan fingerprint density at radius 2 is 1.64 bits per heavy atom. The molecule has 1 heterocycles. The number of aliphatic hydroxyl groups excluding tert-OH is 1. The zero-order valence-corrected chi connectivity index (χ0v) is 20.4. The van der Waals surface area contributed by atoms with E-state index in [9.17, 15) is 14.7 Å². The van der Waals surface area contributed by atoms with Gasteiger partial charge in [0.15, 0.2) is 0 Å². The minimum absolute atomic E-state index is 0.157.